The summed E-state index contributed by atoms with van der Waals surface area (Å²) in [5, 5.41) is 3.38. The number of rotatable bonds is 3. The third-order valence-electron chi connectivity index (χ3n) is 5.23. The molecular weight excluding hydrogens is 309 g/mol. The standard InChI is InChI=1S/C18H24FN3O2/c1-11-10-21(8-6-20-11)17-14(19)9-13-15(23)5-7-22(12-3-4-12)16(13)18(17)24-2/h9,11-12,20H,3-8,10H2,1-2H3. The SMILES string of the molecule is COc1c(N2CCNC(C)C2)c(F)cc2c1N(C1CC1)CCC2=O. The molecule has 0 amide bonds. The highest BCUT2D eigenvalue weighted by Gasteiger charge is 2.39. The Morgan fingerprint density at radius 2 is 2.08 bits per heavy atom. The summed E-state index contributed by atoms with van der Waals surface area (Å²) in [4.78, 5) is 16.7. The number of halogens is 1. The van der Waals surface area contributed by atoms with Crippen LogP contribution in [-0.2, 0) is 0 Å². The van der Waals surface area contributed by atoms with Gasteiger partial charge in [-0.05, 0) is 25.8 Å². The maximum absolute atomic E-state index is 14.9. The van der Waals surface area contributed by atoms with Gasteiger partial charge in [-0.3, -0.25) is 4.79 Å². The largest absolute Gasteiger partial charge is 0.492 e. The highest BCUT2D eigenvalue weighted by Crippen LogP contribution is 2.48. The first-order valence-corrected chi connectivity index (χ1v) is 8.78. The van der Waals surface area contributed by atoms with E-state index in [4.69, 9.17) is 4.74 Å². The Morgan fingerprint density at radius 1 is 1.29 bits per heavy atom. The van der Waals surface area contributed by atoms with Crippen LogP contribution in [0, 0.1) is 5.82 Å². The molecule has 2 aliphatic heterocycles. The fourth-order valence-electron chi connectivity index (χ4n) is 3.95. The van der Waals surface area contributed by atoms with Crippen molar-refractivity contribution in [1.82, 2.24) is 5.32 Å². The third-order valence-corrected chi connectivity index (χ3v) is 5.23. The minimum atomic E-state index is -0.356. The lowest BCUT2D eigenvalue weighted by Gasteiger charge is -2.38. The van der Waals surface area contributed by atoms with Crippen molar-refractivity contribution in [1.29, 1.82) is 0 Å². The maximum atomic E-state index is 14.9. The molecule has 1 N–H and O–H groups in total. The van der Waals surface area contributed by atoms with E-state index >= 15 is 0 Å². The van der Waals surface area contributed by atoms with Crippen molar-refractivity contribution in [2.75, 3.05) is 43.1 Å². The first-order chi connectivity index (χ1) is 11.6. The number of carbonyl (C=O) groups is 1. The van der Waals surface area contributed by atoms with Crippen molar-refractivity contribution in [3.8, 4) is 5.75 Å². The summed E-state index contributed by atoms with van der Waals surface area (Å²) in [5.74, 6) is 0.184. The third kappa shape index (κ3) is 2.53. The highest BCUT2D eigenvalue weighted by atomic mass is 19.1. The van der Waals surface area contributed by atoms with Gasteiger partial charge in [-0.25, -0.2) is 4.39 Å². The van der Waals surface area contributed by atoms with Crippen molar-refractivity contribution in [3.05, 3.63) is 17.4 Å². The summed E-state index contributed by atoms with van der Waals surface area (Å²) in [5.41, 5.74) is 1.79. The Kier molecular flexibility index (Phi) is 3.87. The molecular formula is C18H24FN3O2. The van der Waals surface area contributed by atoms with Gasteiger partial charge in [0.2, 0.25) is 0 Å². The van der Waals surface area contributed by atoms with Gasteiger partial charge >= 0.3 is 0 Å². The number of carbonyl (C=O) groups excluding carboxylic acids is 1. The molecule has 2 heterocycles. The average Bonchev–Trinajstić information content (AvgIpc) is 3.39. The number of methoxy groups -OCH3 is 1. The lowest BCUT2D eigenvalue weighted by molar-refractivity contribution is 0.0978. The van der Waals surface area contributed by atoms with Crippen LogP contribution in [0.2, 0.25) is 0 Å². The molecule has 5 nitrogen and oxygen atoms in total. The summed E-state index contributed by atoms with van der Waals surface area (Å²) >= 11 is 0. The fourth-order valence-corrected chi connectivity index (χ4v) is 3.95. The first kappa shape index (κ1) is 15.7. The molecule has 0 aromatic heterocycles. The van der Waals surface area contributed by atoms with Crippen LogP contribution in [0.3, 0.4) is 0 Å². The zero-order valence-corrected chi connectivity index (χ0v) is 14.3. The van der Waals surface area contributed by atoms with Gasteiger partial charge in [-0.2, -0.15) is 0 Å². The molecule has 4 rings (SSSR count). The predicted molar refractivity (Wildman–Crippen MR) is 91.9 cm³/mol. The maximum Gasteiger partial charge on any atom is 0.169 e. The number of ketones is 1. The van der Waals surface area contributed by atoms with Crippen LogP contribution in [0.5, 0.6) is 5.75 Å². The summed E-state index contributed by atoms with van der Waals surface area (Å²) < 4.78 is 20.6. The molecule has 2 fully saturated rings. The number of piperazine rings is 1. The zero-order chi connectivity index (χ0) is 16.8. The van der Waals surface area contributed by atoms with Crippen LogP contribution in [0.4, 0.5) is 15.8 Å². The Labute approximate surface area is 141 Å². The molecule has 1 atom stereocenters. The number of anilines is 2. The Bertz CT molecular complexity index is 675. The molecule has 0 bridgehead atoms. The van der Waals surface area contributed by atoms with Gasteiger partial charge in [0.05, 0.1) is 12.8 Å². The van der Waals surface area contributed by atoms with E-state index in [2.05, 4.69) is 17.1 Å². The number of Topliss-reactive ketones (excluding diaryl/α,β-unsaturated/α-hetero) is 1. The molecule has 1 aromatic carbocycles. The Hall–Kier alpha value is -1.82. The molecule has 1 aliphatic carbocycles. The van der Waals surface area contributed by atoms with E-state index in [-0.39, 0.29) is 11.6 Å². The highest BCUT2D eigenvalue weighted by molar-refractivity contribution is 6.06. The summed E-state index contributed by atoms with van der Waals surface area (Å²) in [6.07, 6.45) is 2.72. The van der Waals surface area contributed by atoms with E-state index in [1.807, 2.05) is 4.90 Å². The molecule has 1 aromatic rings. The van der Waals surface area contributed by atoms with E-state index in [9.17, 15) is 9.18 Å². The zero-order valence-electron chi connectivity index (χ0n) is 14.3. The molecule has 3 aliphatic rings. The summed E-state index contributed by atoms with van der Waals surface area (Å²) in [7, 11) is 1.58. The van der Waals surface area contributed by atoms with Crippen molar-refractivity contribution in [3.63, 3.8) is 0 Å². The van der Waals surface area contributed by atoms with Gasteiger partial charge in [0, 0.05) is 50.2 Å². The normalized spacial score (nSPS) is 24.1. The Morgan fingerprint density at radius 3 is 2.75 bits per heavy atom. The summed E-state index contributed by atoms with van der Waals surface area (Å²) in [6.45, 7) is 5.06. The number of nitrogens with zero attached hydrogens (tertiary/aromatic N) is 2. The number of hydrogen-bond donors (Lipinski definition) is 1. The van der Waals surface area contributed by atoms with Gasteiger partial charge < -0.3 is 19.9 Å². The molecule has 0 spiro atoms. The van der Waals surface area contributed by atoms with E-state index in [1.165, 1.54) is 6.07 Å². The van der Waals surface area contributed by atoms with Crippen LogP contribution in [-0.4, -0.2) is 51.2 Å². The van der Waals surface area contributed by atoms with Crippen LogP contribution < -0.4 is 19.9 Å². The molecule has 1 unspecified atom stereocenters. The molecule has 1 saturated heterocycles. The predicted octanol–water partition coefficient (Wildman–Crippen LogP) is 2.19. The lowest BCUT2D eigenvalue weighted by Crippen LogP contribution is -2.49. The second-order valence-corrected chi connectivity index (χ2v) is 7.04. The van der Waals surface area contributed by atoms with E-state index in [0.29, 0.717) is 42.0 Å². The number of nitrogens with one attached hydrogen (secondary N) is 1. The quantitative estimate of drug-likeness (QED) is 0.919. The smallest absolute Gasteiger partial charge is 0.169 e. The minimum Gasteiger partial charge on any atom is -0.492 e. The number of fused-ring (bicyclic) bond motifs is 1. The van der Waals surface area contributed by atoms with E-state index < -0.39 is 0 Å². The molecule has 1 saturated carbocycles. The first-order valence-electron chi connectivity index (χ1n) is 8.78. The van der Waals surface area contributed by atoms with Crippen LogP contribution in [0.1, 0.15) is 36.5 Å². The van der Waals surface area contributed by atoms with Crippen LogP contribution in [0.25, 0.3) is 0 Å². The van der Waals surface area contributed by atoms with E-state index in [0.717, 1.165) is 38.2 Å². The molecule has 24 heavy (non-hydrogen) atoms. The molecule has 130 valence electrons. The summed E-state index contributed by atoms with van der Waals surface area (Å²) in [6, 6.07) is 2.18. The topological polar surface area (TPSA) is 44.8 Å². The second kappa shape index (κ2) is 5.92. The fraction of sp³-hybridized carbons (Fsp3) is 0.611. The van der Waals surface area contributed by atoms with Crippen LogP contribution >= 0.6 is 0 Å². The average molecular weight is 333 g/mol. The van der Waals surface area contributed by atoms with Crippen molar-refractivity contribution in [2.45, 2.75) is 38.3 Å². The van der Waals surface area contributed by atoms with Gasteiger partial charge in [0.15, 0.2) is 17.3 Å². The van der Waals surface area contributed by atoms with Gasteiger partial charge in [-0.15, -0.1) is 0 Å². The number of benzene rings is 1. The molecule has 6 heteroatoms. The number of ether oxygens (including phenoxy) is 1. The van der Waals surface area contributed by atoms with Crippen LogP contribution in [0.15, 0.2) is 6.07 Å². The Balaban J connectivity index is 1.85. The lowest BCUT2D eigenvalue weighted by atomic mass is 9.97. The molecule has 0 radical (unpaired) electrons. The van der Waals surface area contributed by atoms with Crippen molar-refractivity contribution in [2.24, 2.45) is 0 Å². The monoisotopic (exact) mass is 333 g/mol. The van der Waals surface area contributed by atoms with Gasteiger partial charge in [0.25, 0.3) is 0 Å². The van der Waals surface area contributed by atoms with Crippen molar-refractivity contribution < 1.29 is 13.9 Å². The van der Waals surface area contributed by atoms with Gasteiger partial charge in [-0.1, -0.05) is 0 Å². The van der Waals surface area contributed by atoms with Gasteiger partial charge in [0.1, 0.15) is 5.69 Å². The van der Waals surface area contributed by atoms with E-state index in [1.54, 1.807) is 7.11 Å². The minimum absolute atomic E-state index is 0.0133. The van der Waals surface area contributed by atoms with Crippen molar-refractivity contribution >= 4 is 17.2 Å². The second-order valence-electron chi connectivity index (χ2n) is 7.04. The number of hydrogen-bond acceptors (Lipinski definition) is 5.